The van der Waals surface area contributed by atoms with Gasteiger partial charge in [-0.3, -0.25) is 4.68 Å². The molecule has 3 aromatic rings. The van der Waals surface area contributed by atoms with Crippen LogP contribution in [0.15, 0.2) is 29.4 Å². The van der Waals surface area contributed by atoms with Crippen molar-refractivity contribution in [1.82, 2.24) is 24.7 Å². The minimum atomic E-state index is 0.420. The summed E-state index contributed by atoms with van der Waals surface area (Å²) in [5, 5.41) is 16.7. The van der Waals surface area contributed by atoms with Crippen LogP contribution in [0.2, 0.25) is 5.15 Å². The van der Waals surface area contributed by atoms with Gasteiger partial charge in [-0.2, -0.15) is 20.0 Å². The van der Waals surface area contributed by atoms with Gasteiger partial charge in [-0.25, -0.2) is 5.10 Å². The summed E-state index contributed by atoms with van der Waals surface area (Å²) in [6.07, 6.45) is 3.81. The Balaban J connectivity index is 1.95. The number of aromatic nitrogens is 5. The van der Waals surface area contributed by atoms with Crippen molar-refractivity contribution in [3.05, 3.63) is 51.0 Å². The molecule has 0 unspecified atom stereocenters. The molecule has 0 fully saturated rings. The molecule has 0 aliphatic carbocycles. The fourth-order valence-electron chi connectivity index (χ4n) is 2.57. The van der Waals surface area contributed by atoms with Crippen LogP contribution in [0.4, 0.5) is 0 Å². The molecule has 1 aromatic carbocycles. The van der Waals surface area contributed by atoms with Crippen molar-refractivity contribution in [2.75, 3.05) is 0 Å². The van der Waals surface area contributed by atoms with E-state index in [1.807, 2.05) is 42.8 Å². The van der Waals surface area contributed by atoms with E-state index < -0.39 is 0 Å². The number of H-pyrrole nitrogens is 1. The Kier molecular flexibility index (Phi) is 5.68. The van der Waals surface area contributed by atoms with Gasteiger partial charge < -0.3 is 0 Å². The highest BCUT2D eigenvalue weighted by Crippen LogP contribution is 2.20. The van der Waals surface area contributed by atoms with Crippen molar-refractivity contribution in [3.8, 4) is 11.4 Å². The Bertz CT molecular complexity index is 980. The molecule has 0 radical (unpaired) electrons. The minimum absolute atomic E-state index is 0.420. The topological polar surface area (TPSA) is 63.8 Å². The Hall–Kier alpha value is -2.25. The molecule has 136 valence electrons. The molecule has 2 aromatic heterocycles. The third-order valence-electron chi connectivity index (χ3n) is 4.10. The van der Waals surface area contributed by atoms with Gasteiger partial charge in [-0.1, -0.05) is 54.8 Å². The second kappa shape index (κ2) is 7.97. The Labute approximate surface area is 162 Å². The zero-order valence-electron chi connectivity index (χ0n) is 15.0. The van der Waals surface area contributed by atoms with E-state index in [1.54, 1.807) is 10.9 Å². The van der Waals surface area contributed by atoms with Gasteiger partial charge in [-0.05, 0) is 32.5 Å². The number of hydrogen-bond donors (Lipinski definition) is 1. The van der Waals surface area contributed by atoms with Gasteiger partial charge in [0.25, 0.3) is 0 Å². The van der Waals surface area contributed by atoms with Crippen LogP contribution >= 0.6 is 23.8 Å². The van der Waals surface area contributed by atoms with Crippen molar-refractivity contribution in [2.45, 2.75) is 40.2 Å². The van der Waals surface area contributed by atoms with E-state index in [2.05, 4.69) is 27.3 Å². The minimum Gasteiger partial charge on any atom is -0.253 e. The first kappa shape index (κ1) is 18.5. The van der Waals surface area contributed by atoms with Gasteiger partial charge in [-0.15, -0.1) is 0 Å². The number of halogens is 1. The van der Waals surface area contributed by atoms with E-state index in [1.165, 1.54) is 5.56 Å². The van der Waals surface area contributed by atoms with E-state index >= 15 is 0 Å². The number of unbranched alkanes of at least 4 members (excludes halogenated alkanes) is 1. The fourth-order valence-corrected chi connectivity index (χ4v) is 3.06. The molecule has 0 saturated carbocycles. The van der Waals surface area contributed by atoms with Crippen LogP contribution in [0.1, 0.15) is 36.6 Å². The number of rotatable bonds is 6. The fraction of sp³-hybridized carbons (Fsp3) is 0.333. The van der Waals surface area contributed by atoms with Crippen LogP contribution in [-0.2, 0) is 6.54 Å². The monoisotopic (exact) mass is 388 g/mol. The highest BCUT2D eigenvalue weighted by Gasteiger charge is 2.12. The summed E-state index contributed by atoms with van der Waals surface area (Å²) in [6.45, 7) is 6.90. The average Bonchev–Trinajstić information content (AvgIpc) is 3.12. The predicted octanol–water partition coefficient (Wildman–Crippen LogP) is 4.76. The highest BCUT2D eigenvalue weighted by molar-refractivity contribution is 7.71. The molecule has 0 aliphatic heterocycles. The van der Waals surface area contributed by atoms with Crippen LogP contribution < -0.4 is 0 Å². The second-order valence-corrected chi connectivity index (χ2v) is 6.89. The molecule has 0 aliphatic rings. The van der Waals surface area contributed by atoms with E-state index in [4.69, 9.17) is 23.8 Å². The molecular weight excluding hydrogens is 368 g/mol. The number of nitrogens with zero attached hydrogens (tertiary/aromatic N) is 5. The molecule has 8 heteroatoms. The molecule has 2 heterocycles. The lowest BCUT2D eigenvalue weighted by atomic mass is 10.1. The molecule has 6 nitrogen and oxygen atoms in total. The second-order valence-electron chi connectivity index (χ2n) is 6.14. The van der Waals surface area contributed by atoms with Gasteiger partial charge in [0.1, 0.15) is 5.15 Å². The first-order valence-electron chi connectivity index (χ1n) is 8.53. The third-order valence-corrected chi connectivity index (χ3v) is 4.76. The van der Waals surface area contributed by atoms with Gasteiger partial charge in [0, 0.05) is 12.1 Å². The molecule has 26 heavy (non-hydrogen) atoms. The molecular formula is C18H21ClN6S. The maximum Gasteiger partial charge on any atom is 0.216 e. The summed E-state index contributed by atoms with van der Waals surface area (Å²) in [6, 6.07) is 8.04. The third kappa shape index (κ3) is 3.78. The van der Waals surface area contributed by atoms with Crippen LogP contribution in [0.5, 0.6) is 0 Å². The summed E-state index contributed by atoms with van der Waals surface area (Å²) in [4.78, 5) is 0. The number of benzene rings is 1. The van der Waals surface area contributed by atoms with E-state index in [0.29, 0.717) is 15.7 Å². The smallest absolute Gasteiger partial charge is 0.216 e. The van der Waals surface area contributed by atoms with Crippen molar-refractivity contribution in [1.29, 1.82) is 0 Å². The number of aromatic amines is 1. The van der Waals surface area contributed by atoms with Crippen molar-refractivity contribution >= 4 is 30.0 Å². The van der Waals surface area contributed by atoms with Crippen LogP contribution in [0.3, 0.4) is 0 Å². The molecule has 1 N–H and O–H groups in total. The highest BCUT2D eigenvalue weighted by atomic mass is 35.5. The summed E-state index contributed by atoms with van der Waals surface area (Å²) in [5.74, 6) is 0.651. The van der Waals surface area contributed by atoms with Crippen LogP contribution in [-0.4, -0.2) is 30.9 Å². The summed E-state index contributed by atoms with van der Waals surface area (Å²) >= 11 is 11.8. The number of aryl methyl sites for hydroxylation is 3. The van der Waals surface area contributed by atoms with Crippen molar-refractivity contribution < 1.29 is 0 Å². The van der Waals surface area contributed by atoms with Gasteiger partial charge in [0.05, 0.1) is 17.5 Å². The zero-order chi connectivity index (χ0) is 18.7. The SMILES string of the molecule is CCCCn1nc(C)c(C=Nn2c(-c3ccc(C)cc3)n[nH]c2=S)c1Cl. The quantitative estimate of drug-likeness (QED) is 0.489. The van der Waals surface area contributed by atoms with Crippen molar-refractivity contribution in [3.63, 3.8) is 0 Å². The molecule has 0 amide bonds. The lowest BCUT2D eigenvalue weighted by Crippen LogP contribution is -2.00. The summed E-state index contributed by atoms with van der Waals surface area (Å²) < 4.78 is 3.83. The van der Waals surface area contributed by atoms with Gasteiger partial charge >= 0.3 is 0 Å². The molecule has 0 spiro atoms. The molecule has 0 saturated heterocycles. The standard InChI is InChI=1S/C18H21ClN6S/c1-4-5-10-24-16(19)15(13(3)23-24)11-20-25-17(21-22-18(25)26)14-8-6-12(2)7-9-14/h6-9,11H,4-5,10H2,1-3H3,(H,22,26). The lowest BCUT2D eigenvalue weighted by molar-refractivity contribution is 0.569. The molecule has 3 rings (SSSR count). The lowest BCUT2D eigenvalue weighted by Gasteiger charge is -2.02. The molecule has 0 bridgehead atoms. The Morgan fingerprint density at radius 1 is 1.27 bits per heavy atom. The van der Waals surface area contributed by atoms with Crippen molar-refractivity contribution in [2.24, 2.45) is 5.10 Å². The number of hydrogen-bond acceptors (Lipinski definition) is 4. The average molecular weight is 389 g/mol. The van der Waals surface area contributed by atoms with Crippen LogP contribution in [0, 0.1) is 18.6 Å². The van der Waals surface area contributed by atoms with E-state index in [-0.39, 0.29) is 0 Å². The molecule has 0 atom stereocenters. The number of nitrogens with one attached hydrogen (secondary N) is 1. The van der Waals surface area contributed by atoms with Crippen LogP contribution in [0.25, 0.3) is 11.4 Å². The summed E-state index contributed by atoms with van der Waals surface area (Å²) in [7, 11) is 0. The first-order valence-corrected chi connectivity index (χ1v) is 9.31. The summed E-state index contributed by atoms with van der Waals surface area (Å²) in [5.41, 5.74) is 3.74. The largest absolute Gasteiger partial charge is 0.253 e. The Morgan fingerprint density at radius 3 is 2.69 bits per heavy atom. The van der Waals surface area contributed by atoms with Gasteiger partial charge in [0.15, 0.2) is 5.82 Å². The van der Waals surface area contributed by atoms with E-state index in [0.717, 1.165) is 36.2 Å². The maximum atomic E-state index is 6.47. The van der Waals surface area contributed by atoms with Gasteiger partial charge in [0.2, 0.25) is 4.77 Å². The maximum absolute atomic E-state index is 6.47. The Morgan fingerprint density at radius 2 is 2.00 bits per heavy atom. The van der Waals surface area contributed by atoms with E-state index in [9.17, 15) is 0 Å². The first-order chi connectivity index (χ1) is 12.5. The predicted molar refractivity (Wildman–Crippen MR) is 107 cm³/mol. The zero-order valence-corrected chi connectivity index (χ0v) is 16.6. The normalized spacial score (nSPS) is 11.5.